The number of hydrogen-bond acceptors (Lipinski definition) is 3. The van der Waals surface area contributed by atoms with Crippen LogP contribution >= 0.6 is 0 Å². The number of piperazine rings is 1. The van der Waals surface area contributed by atoms with Crippen molar-refractivity contribution in [3.8, 4) is 0 Å². The highest BCUT2D eigenvalue weighted by Gasteiger charge is 2.43. The first-order valence-corrected chi connectivity index (χ1v) is 7.25. The molecule has 19 heavy (non-hydrogen) atoms. The minimum atomic E-state index is -0.375. The molecule has 5 heteroatoms. The predicted octanol–water partition coefficient (Wildman–Crippen LogP) is 1.07. The molecule has 2 aliphatic rings. The summed E-state index contributed by atoms with van der Waals surface area (Å²) in [5.41, 5.74) is -0.293. The quantitative estimate of drug-likeness (QED) is 0.829. The van der Waals surface area contributed by atoms with Crippen LogP contribution in [0.25, 0.3) is 0 Å². The van der Waals surface area contributed by atoms with Crippen molar-refractivity contribution in [1.29, 1.82) is 0 Å². The van der Waals surface area contributed by atoms with Gasteiger partial charge in [-0.2, -0.15) is 0 Å². The van der Waals surface area contributed by atoms with Crippen molar-refractivity contribution in [2.24, 2.45) is 0 Å². The molecule has 2 fully saturated rings. The Morgan fingerprint density at radius 2 is 2.11 bits per heavy atom. The average Bonchev–Trinajstić information content (AvgIpc) is 2.80. The summed E-state index contributed by atoms with van der Waals surface area (Å²) in [5.74, 6) is 0.00113. The van der Waals surface area contributed by atoms with Gasteiger partial charge in [0.2, 0.25) is 11.8 Å². The molecule has 0 aromatic rings. The van der Waals surface area contributed by atoms with Gasteiger partial charge in [0.05, 0.1) is 12.1 Å². The van der Waals surface area contributed by atoms with Crippen molar-refractivity contribution in [1.82, 2.24) is 10.2 Å². The molecule has 5 nitrogen and oxygen atoms in total. The van der Waals surface area contributed by atoms with E-state index < -0.39 is 0 Å². The van der Waals surface area contributed by atoms with Gasteiger partial charge in [0.25, 0.3) is 0 Å². The fourth-order valence-electron chi connectivity index (χ4n) is 3.02. The van der Waals surface area contributed by atoms with Crippen LogP contribution in [0.2, 0.25) is 0 Å². The minimum absolute atomic E-state index is 0.0319. The van der Waals surface area contributed by atoms with E-state index in [1.807, 2.05) is 20.8 Å². The lowest BCUT2D eigenvalue weighted by Crippen LogP contribution is -2.65. The van der Waals surface area contributed by atoms with Crippen molar-refractivity contribution in [2.45, 2.75) is 64.1 Å². The second-order valence-electron chi connectivity index (χ2n) is 5.76. The van der Waals surface area contributed by atoms with Gasteiger partial charge >= 0.3 is 0 Å². The molecule has 0 aromatic carbocycles. The molecule has 3 atom stereocenters. The maximum Gasteiger partial charge on any atom is 0.245 e. The summed E-state index contributed by atoms with van der Waals surface area (Å²) in [4.78, 5) is 26.3. The molecular weight excluding hydrogens is 244 g/mol. The Kier molecular flexibility index (Phi) is 4.13. The van der Waals surface area contributed by atoms with Gasteiger partial charge < -0.3 is 15.0 Å². The first-order valence-electron chi connectivity index (χ1n) is 7.25. The summed E-state index contributed by atoms with van der Waals surface area (Å²) < 4.78 is 5.76. The van der Waals surface area contributed by atoms with Crippen molar-refractivity contribution in [3.05, 3.63) is 0 Å². The molecule has 2 rings (SSSR count). The fourth-order valence-corrected chi connectivity index (χ4v) is 3.02. The Balaban J connectivity index is 2.17. The number of ether oxygens (including phenoxy) is 1. The lowest BCUT2D eigenvalue weighted by atomic mass is 9.97. The van der Waals surface area contributed by atoms with Crippen molar-refractivity contribution < 1.29 is 14.3 Å². The Morgan fingerprint density at radius 1 is 1.37 bits per heavy atom. The second kappa shape index (κ2) is 5.49. The Bertz CT molecular complexity index is 364. The molecule has 0 saturated carbocycles. The number of carbonyl (C=O) groups excluding carboxylic acids is 2. The van der Waals surface area contributed by atoms with Crippen LogP contribution in [-0.4, -0.2) is 47.6 Å². The summed E-state index contributed by atoms with van der Waals surface area (Å²) in [7, 11) is 0. The topological polar surface area (TPSA) is 58.6 Å². The molecule has 108 valence electrons. The third-order valence-electron chi connectivity index (χ3n) is 4.18. The number of carbonyl (C=O) groups is 2. The van der Waals surface area contributed by atoms with Crippen LogP contribution < -0.4 is 5.32 Å². The molecule has 2 amide bonds. The van der Waals surface area contributed by atoms with Crippen molar-refractivity contribution in [3.63, 3.8) is 0 Å². The Hall–Kier alpha value is -1.10. The van der Waals surface area contributed by atoms with E-state index in [4.69, 9.17) is 4.74 Å². The molecule has 3 unspecified atom stereocenters. The van der Waals surface area contributed by atoms with E-state index in [1.165, 1.54) is 0 Å². The smallest absolute Gasteiger partial charge is 0.245 e. The fraction of sp³-hybridized carbons (Fsp3) is 0.857. The monoisotopic (exact) mass is 268 g/mol. The molecule has 2 aliphatic heterocycles. The summed E-state index contributed by atoms with van der Waals surface area (Å²) in [6.45, 7) is 7.16. The van der Waals surface area contributed by atoms with Crippen LogP contribution in [0.15, 0.2) is 0 Å². The predicted molar refractivity (Wildman–Crippen MR) is 71.6 cm³/mol. The first-order chi connectivity index (χ1) is 9.00. The van der Waals surface area contributed by atoms with Gasteiger partial charge in [-0.05, 0) is 32.6 Å². The lowest BCUT2D eigenvalue weighted by Gasteiger charge is -2.42. The molecule has 2 saturated heterocycles. The number of rotatable bonds is 4. The van der Waals surface area contributed by atoms with Crippen molar-refractivity contribution in [2.75, 3.05) is 13.2 Å². The standard InChI is InChI=1S/C14H24N2O3/c1-4-10-13(18)16(11(5-2)12(17)15-10)9-14(3)7-6-8-19-14/h10-11H,4-9H2,1-3H3,(H,15,17). The van der Waals surface area contributed by atoms with E-state index in [0.717, 1.165) is 19.4 Å². The maximum absolute atomic E-state index is 12.5. The zero-order valence-electron chi connectivity index (χ0n) is 12.1. The highest BCUT2D eigenvalue weighted by molar-refractivity contribution is 5.96. The van der Waals surface area contributed by atoms with E-state index in [9.17, 15) is 9.59 Å². The SMILES string of the molecule is CCC1NC(=O)C(CC)N(CC2(C)CCCO2)C1=O. The van der Waals surface area contributed by atoms with Crippen LogP contribution in [0.5, 0.6) is 0 Å². The average molecular weight is 268 g/mol. The van der Waals surface area contributed by atoms with Crippen LogP contribution in [0.3, 0.4) is 0 Å². The van der Waals surface area contributed by atoms with E-state index in [2.05, 4.69) is 5.32 Å². The Labute approximate surface area is 114 Å². The van der Waals surface area contributed by atoms with E-state index in [1.54, 1.807) is 4.90 Å². The minimum Gasteiger partial charge on any atom is -0.373 e. The molecule has 0 spiro atoms. The molecular formula is C14H24N2O3. The molecule has 2 heterocycles. The van der Waals surface area contributed by atoms with E-state index >= 15 is 0 Å². The normalized spacial score (nSPS) is 35.6. The van der Waals surface area contributed by atoms with E-state index in [0.29, 0.717) is 19.4 Å². The van der Waals surface area contributed by atoms with Gasteiger partial charge in [0, 0.05) is 6.61 Å². The third-order valence-corrected chi connectivity index (χ3v) is 4.18. The summed E-state index contributed by atoms with van der Waals surface area (Å²) >= 11 is 0. The summed E-state index contributed by atoms with van der Waals surface area (Å²) in [6, 6.07) is -0.725. The molecule has 0 radical (unpaired) electrons. The number of nitrogens with zero attached hydrogens (tertiary/aromatic N) is 1. The summed E-state index contributed by atoms with van der Waals surface area (Å²) in [5, 5.41) is 2.81. The van der Waals surface area contributed by atoms with E-state index in [-0.39, 0.29) is 29.5 Å². The summed E-state index contributed by atoms with van der Waals surface area (Å²) in [6.07, 6.45) is 3.25. The zero-order chi connectivity index (χ0) is 14.0. The zero-order valence-corrected chi connectivity index (χ0v) is 12.1. The molecule has 0 aliphatic carbocycles. The van der Waals surface area contributed by atoms with Gasteiger partial charge in [0.1, 0.15) is 12.1 Å². The van der Waals surface area contributed by atoms with Crippen LogP contribution in [0.4, 0.5) is 0 Å². The van der Waals surface area contributed by atoms with Crippen LogP contribution in [-0.2, 0) is 14.3 Å². The van der Waals surface area contributed by atoms with Gasteiger partial charge in [-0.25, -0.2) is 0 Å². The highest BCUT2D eigenvalue weighted by atomic mass is 16.5. The maximum atomic E-state index is 12.5. The van der Waals surface area contributed by atoms with Crippen LogP contribution in [0.1, 0.15) is 46.5 Å². The van der Waals surface area contributed by atoms with Gasteiger partial charge in [-0.3, -0.25) is 9.59 Å². The van der Waals surface area contributed by atoms with Crippen LogP contribution in [0, 0.1) is 0 Å². The number of amides is 2. The third kappa shape index (κ3) is 2.76. The molecule has 0 aromatic heterocycles. The Morgan fingerprint density at radius 3 is 2.63 bits per heavy atom. The van der Waals surface area contributed by atoms with Crippen molar-refractivity contribution >= 4 is 11.8 Å². The lowest BCUT2D eigenvalue weighted by molar-refractivity contribution is -0.153. The van der Waals surface area contributed by atoms with Gasteiger partial charge in [-0.15, -0.1) is 0 Å². The highest BCUT2D eigenvalue weighted by Crippen LogP contribution is 2.28. The molecule has 0 bridgehead atoms. The van der Waals surface area contributed by atoms with Gasteiger partial charge in [-0.1, -0.05) is 13.8 Å². The van der Waals surface area contributed by atoms with Gasteiger partial charge in [0.15, 0.2) is 0 Å². The number of nitrogens with one attached hydrogen (secondary N) is 1. The molecule has 1 N–H and O–H groups in total. The second-order valence-corrected chi connectivity index (χ2v) is 5.76. The first kappa shape index (κ1) is 14.3. The largest absolute Gasteiger partial charge is 0.373 e. The number of hydrogen-bond donors (Lipinski definition) is 1.